The van der Waals surface area contributed by atoms with E-state index in [0.29, 0.717) is 24.7 Å². The molecule has 1 aliphatic heterocycles. The van der Waals surface area contributed by atoms with Gasteiger partial charge in [0.25, 0.3) is 0 Å². The monoisotopic (exact) mass is 254 g/mol. The molecular formula is C10H18N6O2. The van der Waals surface area contributed by atoms with Gasteiger partial charge in [0, 0.05) is 19.2 Å². The molecule has 0 bridgehead atoms. The zero-order valence-corrected chi connectivity index (χ0v) is 10.2. The van der Waals surface area contributed by atoms with Crippen LogP contribution in [0.25, 0.3) is 0 Å². The Balaban J connectivity index is 2.21. The molecule has 0 radical (unpaired) electrons. The van der Waals surface area contributed by atoms with Crippen molar-refractivity contribution in [2.24, 2.45) is 5.84 Å². The number of nitrogens with one attached hydrogen (secondary N) is 1. The highest BCUT2D eigenvalue weighted by Gasteiger charge is 2.26. The lowest BCUT2D eigenvalue weighted by atomic mass is 10.2. The summed E-state index contributed by atoms with van der Waals surface area (Å²) >= 11 is 0. The third-order valence-electron chi connectivity index (χ3n) is 2.73. The van der Waals surface area contributed by atoms with Gasteiger partial charge in [-0.05, 0) is 6.92 Å². The normalized spacial score (nSPS) is 24.1. The summed E-state index contributed by atoms with van der Waals surface area (Å²) < 4.78 is 5.57. The van der Waals surface area contributed by atoms with Gasteiger partial charge in [-0.2, -0.15) is 9.97 Å². The summed E-state index contributed by atoms with van der Waals surface area (Å²) in [5.74, 6) is 6.60. The van der Waals surface area contributed by atoms with Crippen LogP contribution in [0.1, 0.15) is 6.92 Å². The number of aliphatic hydroxyl groups excluding tert-OH is 1. The molecule has 8 heteroatoms. The fraction of sp³-hybridized carbons (Fsp3) is 0.600. The lowest BCUT2D eigenvalue weighted by molar-refractivity contribution is -0.0423. The molecule has 18 heavy (non-hydrogen) atoms. The Kier molecular flexibility index (Phi) is 3.80. The number of anilines is 3. The highest BCUT2D eigenvalue weighted by molar-refractivity contribution is 5.52. The number of hydrazine groups is 1. The molecule has 6 N–H and O–H groups in total. The molecule has 8 nitrogen and oxygen atoms in total. The minimum atomic E-state index is -0.223. The van der Waals surface area contributed by atoms with Crippen molar-refractivity contribution in [3.8, 4) is 0 Å². The van der Waals surface area contributed by atoms with Gasteiger partial charge in [-0.3, -0.25) is 0 Å². The van der Waals surface area contributed by atoms with Gasteiger partial charge < -0.3 is 25.9 Å². The molecule has 2 rings (SSSR count). The summed E-state index contributed by atoms with van der Waals surface area (Å²) in [5.41, 5.74) is 8.06. The van der Waals surface area contributed by atoms with Gasteiger partial charge in [0.1, 0.15) is 11.6 Å². The van der Waals surface area contributed by atoms with Crippen LogP contribution in [0.2, 0.25) is 0 Å². The van der Waals surface area contributed by atoms with E-state index in [9.17, 15) is 5.11 Å². The maximum Gasteiger partial charge on any atom is 0.223 e. The standard InChI is InChI=1S/C10H18N6O2/c1-6-3-16(4-7(5-17)18-6)9-2-8(15-12)13-10(11)14-9/h2,6-7,17H,3-5,12H2,1H3,(H3,11,13,14,15). The Labute approximate surface area is 105 Å². The fourth-order valence-corrected chi connectivity index (χ4v) is 2.02. The van der Waals surface area contributed by atoms with E-state index in [0.717, 1.165) is 0 Å². The number of rotatable bonds is 3. The van der Waals surface area contributed by atoms with Crippen LogP contribution in [-0.4, -0.2) is 47.0 Å². The van der Waals surface area contributed by atoms with Crippen molar-refractivity contribution in [3.63, 3.8) is 0 Å². The summed E-state index contributed by atoms with van der Waals surface area (Å²) in [5, 5.41) is 9.19. The van der Waals surface area contributed by atoms with E-state index in [1.807, 2.05) is 11.8 Å². The topological polar surface area (TPSA) is 123 Å². The number of hydrogen-bond acceptors (Lipinski definition) is 8. The van der Waals surface area contributed by atoms with Gasteiger partial charge in [0.15, 0.2) is 0 Å². The Bertz CT molecular complexity index is 415. The van der Waals surface area contributed by atoms with Crippen molar-refractivity contribution >= 4 is 17.6 Å². The van der Waals surface area contributed by atoms with Crippen molar-refractivity contribution in [1.82, 2.24) is 9.97 Å². The Morgan fingerprint density at radius 3 is 3.00 bits per heavy atom. The number of nitrogen functional groups attached to an aromatic ring is 2. The fourth-order valence-electron chi connectivity index (χ4n) is 2.02. The van der Waals surface area contributed by atoms with Crippen LogP contribution in [0.4, 0.5) is 17.6 Å². The lowest BCUT2D eigenvalue weighted by Crippen LogP contribution is -2.48. The summed E-state index contributed by atoms with van der Waals surface area (Å²) in [6, 6.07) is 1.71. The number of hydrogen-bond donors (Lipinski definition) is 4. The molecular weight excluding hydrogens is 236 g/mol. The Morgan fingerprint density at radius 2 is 2.33 bits per heavy atom. The maximum atomic E-state index is 9.19. The number of ether oxygens (including phenoxy) is 1. The highest BCUT2D eigenvalue weighted by Crippen LogP contribution is 2.21. The molecule has 2 atom stereocenters. The van der Waals surface area contributed by atoms with Crippen molar-refractivity contribution in [3.05, 3.63) is 6.07 Å². The van der Waals surface area contributed by atoms with E-state index < -0.39 is 0 Å². The number of aliphatic hydroxyl groups is 1. The summed E-state index contributed by atoms with van der Waals surface area (Å²) in [6.45, 7) is 3.16. The lowest BCUT2D eigenvalue weighted by Gasteiger charge is -2.36. The van der Waals surface area contributed by atoms with Crippen LogP contribution in [0, 0.1) is 0 Å². The van der Waals surface area contributed by atoms with Crippen LogP contribution in [-0.2, 0) is 4.74 Å². The Hall–Kier alpha value is -1.64. The number of nitrogens with zero attached hydrogens (tertiary/aromatic N) is 3. The molecule has 2 unspecified atom stereocenters. The van der Waals surface area contributed by atoms with Crippen molar-refractivity contribution in [2.75, 3.05) is 35.8 Å². The van der Waals surface area contributed by atoms with Gasteiger partial charge in [-0.15, -0.1) is 0 Å². The summed E-state index contributed by atoms with van der Waals surface area (Å²) in [6.07, 6.45) is -0.208. The molecule has 0 spiro atoms. The molecule has 0 amide bonds. The molecule has 1 aromatic rings. The molecule has 0 aromatic carbocycles. The first-order valence-electron chi connectivity index (χ1n) is 5.74. The third-order valence-corrected chi connectivity index (χ3v) is 2.73. The summed E-state index contributed by atoms with van der Waals surface area (Å²) in [7, 11) is 0. The highest BCUT2D eigenvalue weighted by atomic mass is 16.5. The largest absolute Gasteiger partial charge is 0.394 e. The molecule has 100 valence electrons. The zero-order valence-electron chi connectivity index (χ0n) is 10.2. The van der Waals surface area contributed by atoms with E-state index in [4.69, 9.17) is 16.3 Å². The van der Waals surface area contributed by atoms with Crippen LogP contribution in [0.3, 0.4) is 0 Å². The number of aromatic nitrogens is 2. The SMILES string of the molecule is CC1CN(c2cc(NN)nc(N)n2)CC(CO)O1. The van der Waals surface area contributed by atoms with Gasteiger partial charge in [0.05, 0.1) is 18.8 Å². The predicted molar refractivity (Wildman–Crippen MR) is 67.9 cm³/mol. The molecule has 0 aliphatic carbocycles. The molecule has 0 saturated carbocycles. The van der Waals surface area contributed by atoms with Gasteiger partial charge in [0.2, 0.25) is 5.95 Å². The van der Waals surface area contributed by atoms with Crippen LogP contribution < -0.4 is 21.9 Å². The van der Waals surface area contributed by atoms with Gasteiger partial charge in [-0.25, -0.2) is 5.84 Å². The van der Waals surface area contributed by atoms with Crippen LogP contribution in [0.5, 0.6) is 0 Å². The molecule has 1 aliphatic rings. The second-order valence-electron chi connectivity index (χ2n) is 4.27. The zero-order chi connectivity index (χ0) is 13.1. The third kappa shape index (κ3) is 2.78. The molecule has 2 heterocycles. The van der Waals surface area contributed by atoms with Crippen LogP contribution >= 0.6 is 0 Å². The molecule has 1 aromatic heterocycles. The molecule has 1 fully saturated rings. The van der Waals surface area contributed by atoms with Crippen LogP contribution in [0.15, 0.2) is 6.07 Å². The minimum absolute atomic E-state index is 0.0152. The second-order valence-corrected chi connectivity index (χ2v) is 4.27. The number of morpholine rings is 1. The van der Waals surface area contributed by atoms with Crippen molar-refractivity contribution in [2.45, 2.75) is 19.1 Å². The van der Waals surface area contributed by atoms with Gasteiger partial charge >= 0.3 is 0 Å². The quantitative estimate of drug-likeness (QED) is 0.397. The first-order chi connectivity index (χ1) is 8.62. The van der Waals surface area contributed by atoms with E-state index >= 15 is 0 Å². The number of nitrogens with two attached hydrogens (primary N) is 2. The average molecular weight is 254 g/mol. The predicted octanol–water partition coefficient (Wildman–Crippen LogP) is -1.07. The van der Waals surface area contributed by atoms with E-state index in [2.05, 4.69) is 15.4 Å². The van der Waals surface area contributed by atoms with E-state index in [-0.39, 0.29) is 24.8 Å². The van der Waals surface area contributed by atoms with Gasteiger partial charge in [-0.1, -0.05) is 0 Å². The van der Waals surface area contributed by atoms with E-state index in [1.165, 1.54) is 0 Å². The van der Waals surface area contributed by atoms with Crippen molar-refractivity contribution in [1.29, 1.82) is 0 Å². The smallest absolute Gasteiger partial charge is 0.223 e. The van der Waals surface area contributed by atoms with Crippen molar-refractivity contribution < 1.29 is 9.84 Å². The summed E-state index contributed by atoms with van der Waals surface area (Å²) in [4.78, 5) is 10.1. The average Bonchev–Trinajstić information content (AvgIpc) is 2.37. The maximum absolute atomic E-state index is 9.19. The Morgan fingerprint density at radius 1 is 1.56 bits per heavy atom. The van der Waals surface area contributed by atoms with E-state index in [1.54, 1.807) is 6.07 Å². The first-order valence-corrected chi connectivity index (χ1v) is 5.74. The first kappa shape index (κ1) is 12.8. The minimum Gasteiger partial charge on any atom is -0.394 e. The molecule has 1 saturated heterocycles. The second kappa shape index (κ2) is 5.34.